The van der Waals surface area contributed by atoms with Crippen LogP contribution in [0.1, 0.15) is 5.56 Å². The van der Waals surface area contributed by atoms with Crippen LogP contribution in [-0.2, 0) is 10.9 Å². The van der Waals surface area contributed by atoms with Gasteiger partial charge in [0.05, 0.1) is 18.7 Å². The lowest BCUT2D eigenvalue weighted by Crippen LogP contribution is -2.37. The number of urea groups is 1. The number of cyclic esters (lactones) is 1. The van der Waals surface area contributed by atoms with Gasteiger partial charge in [0.25, 0.3) is 0 Å². The van der Waals surface area contributed by atoms with Gasteiger partial charge in [-0.05, 0) is 42.5 Å². The summed E-state index contributed by atoms with van der Waals surface area (Å²) < 4.78 is 56.2. The molecule has 2 aromatic rings. The van der Waals surface area contributed by atoms with Crippen molar-refractivity contribution in [3.05, 3.63) is 59.9 Å². The first-order chi connectivity index (χ1) is 13.2. The summed E-state index contributed by atoms with van der Waals surface area (Å²) in [7, 11) is 0. The molecular formula is C18H15F4N3O3. The second-order valence-electron chi connectivity index (χ2n) is 6.01. The lowest BCUT2D eigenvalue weighted by Gasteiger charge is -2.13. The van der Waals surface area contributed by atoms with Crippen LogP contribution in [0.2, 0.25) is 0 Å². The molecule has 0 unspecified atom stereocenters. The van der Waals surface area contributed by atoms with E-state index in [1.54, 1.807) is 0 Å². The molecule has 0 saturated carbocycles. The van der Waals surface area contributed by atoms with E-state index in [1.807, 2.05) is 0 Å². The molecule has 1 heterocycles. The average Bonchev–Trinajstić information content (AvgIpc) is 3.01. The van der Waals surface area contributed by atoms with Gasteiger partial charge in [0, 0.05) is 11.4 Å². The van der Waals surface area contributed by atoms with Crippen molar-refractivity contribution in [3.63, 3.8) is 0 Å². The maximum Gasteiger partial charge on any atom is 0.416 e. The first-order valence-corrected chi connectivity index (χ1v) is 8.18. The first kappa shape index (κ1) is 19.5. The lowest BCUT2D eigenvalue weighted by molar-refractivity contribution is -0.137. The smallest absolute Gasteiger partial charge is 0.416 e. The van der Waals surface area contributed by atoms with Crippen LogP contribution in [-0.4, -0.2) is 31.3 Å². The van der Waals surface area contributed by atoms with Gasteiger partial charge < -0.3 is 15.4 Å². The standard InChI is InChI=1S/C18H15F4N3O3/c19-12-4-6-14(7-5-12)25-10-15(28-17(25)27)9-23-16(26)24-13-3-1-2-11(8-13)18(20,21)22/h1-8,15H,9-10H2,(H2,23,24,26)/t15-/m0/s1. The van der Waals surface area contributed by atoms with Gasteiger partial charge in [-0.25, -0.2) is 14.0 Å². The predicted molar refractivity (Wildman–Crippen MR) is 92.5 cm³/mol. The quantitative estimate of drug-likeness (QED) is 0.767. The molecule has 1 saturated heterocycles. The Labute approximate surface area is 157 Å². The summed E-state index contributed by atoms with van der Waals surface area (Å²) in [5.74, 6) is -0.444. The number of ether oxygens (including phenoxy) is 1. The molecule has 0 spiro atoms. The topological polar surface area (TPSA) is 70.7 Å². The second-order valence-corrected chi connectivity index (χ2v) is 6.01. The van der Waals surface area contributed by atoms with Crippen LogP contribution in [0.4, 0.5) is 38.5 Å². The van der Waals surface area contributed by atoms with E-state index in [9.17, 15) is 27.2 Å². The molecule has 28 heavy (non-hydrogen) atoms. The van der Waals surface area contributed by atoms with E-state index in [0.717, 1.165) is 12.1 Å². The Morgan fingerprint density at radius 1 is 1.18 bits per heavy atom. The number of rotatable bonds is 4. The molecule has 2 N–H and O–H groups in total. The summed E-state index contributed by atoms with van der Waals surface area (Å²) in [4.78, 5) is 25.1. The highest BCUT2D eigenvalue weighted by Gasteiger charge is 2.33. The number of amides is 3. The Bertz CT molecular complexity index is 871. The summed E-state index contributed by atoms with van der Waals surface area (Å²) in [6.07, 6.45) is -5.82. The number of anilines is 2. The molecule has 6 nitrogen and oxygen atoms in total. The zero-order valence-electron chi connectivity index (χ0n) is 14.3. The zero-order valence-corrected chi connectivity index (χ0v) is 14.3. The molecule has 3 amide bonds. The SMILES string of the molecule is O=C(NC[C@H]1CN(c2ccc(F)cc2)C(=O)O1)Nc1cccc(C(F)(F)F)c1. The molecule has 3 rings (SSSR count). The zero-order chi connectivity index (χ0) is 20.3. The van der Waals surface area contributed by atoms with Crippen molar-refractivity contribution in [2.75, 3.05) is 23.3 Å². The first-order valence-electron chi connectivity index (χ1n) is 8.18. The summed E-state index contributed by atoms with van der Waals surface area (Å²) in [6, 6.07) is 8.72. The van der Waals surface area contributed by atoms with Gasteiger partial charge in [-0.2, -0.15) is 13.2 Å². The number of nitrogens with one attached hydrogen (secondary N) is 2. The Balaban J connectivity index is 1.53. The highest BCUT2D eigenvalue weighted by molar-refractivity contribution is 5.91. The van der Waals surface area contributed by atoms with Crippen LogP contribution in [0.5, 0.6) is 0 Å². The van der Waals surface area contributed by atoms with Gasteiger partial charge >= 0.3 is 18.3 Å². The molecule has 1 aliphatic rings. The maximum absolute atomic E-state index is 13.0. The van der Waals surface area contributed by atoms with E-state index in [2.05, 4.69) is 10.6 Å². The molecule has 1 aliphatic heterocycles. The Kier molecular flexibility index (Phi) is 5.39. The average molecular weight is 397 g/mol. The van der Waals surface area contributed by atoms with Crippen molar-refractivity contribution < 1.29 is 31.9 Å². The normalized spacial score (nSPS) is 16.6. The van der Waals surface area contributed by atoms with Crippen molar-refractivity contribution in [1.29, 1.82) is 0 Å². The molecule has 1 atom stereocenters. The van der Waals surface area contributed by atoms with E-state index in [0.29, 0.717) is 5.69 Å². The highest BCUT2D eigenvalue weighted by atomic mass is 19.4. The van der Waals surface area contributed by atoms with Crippen LogP contribution in [0.25, 0.3) is 0 Å². The van der Waals surface area contributed by atoms with Crippen LogP contribution in [0.3, 0.4) is 0 Å². The molecule has 10 heteroatoms. The molecule has 1 fully saturated rings. The molecule has 148 valence electrons. The van der Waals surface area contributed by atoms with Crippen molar-refractivity contribution in [2.24, 2.45) is 0 Å². The predicted octanol–water partition coefficient (Wildman–Crippen LogP) is 3.99. The number of hydrogen-bond donors (Lipinski definition) is 2. The third-order valence-electron chi connectivity index (χ3n) is 3.95. The van der Waals surface area contributed by atoms with E-state index in [1.165, 1.54) is 41.3 Å². The van der Waals surface area contributed by atoms with Gasteiger partial charge in [0.2, 0.25) is 0 Å². The summed E-state index contributed by atoms with van der Waals surface area (Å²) >= 11 is 0. The van der Waals surface area contributed by atoms with Crippen LogP contribution in [0.15, 0.2) is 48.5 Å². The van der Waals surface area contributed by atoms with Gasteiger partial charge in [0.15, 0.2) is 0 Å². The number of halogens is 4. The van der Waals surface area contributed by atoms with Gasteiger partial charge in [-0.3, -0.25) is 4.90 Å². The minimum Gasteiger partial charge on any atom is -0.442 e. The van der Waals surface area contributed by atoms with Crippen LogP contribution >= 0.6 is 0 Å². The Morgan fingerprint density at radius 3 is 2.57 bits per heavy atom. The molecule has 0 aromatic heterocycles. The Hall–Kier alpha value is -3.30. The second kappa shape index (κ2) is 7.75. The summed E-state index contributed by atoms with van der Waals surface area (Å²) in [6.45, 7) is 0.0858. The lowest BCUT2D eigenvalue weighted by atomic mass is 10.2. The fourth-order valence-electron chi connectivity index (χ4n) is 2.61. The molecule has 0 aliphatic carbocycles. The number of alkyl halides is 3. The number of carbonyl (C=O) groups is 2. The minimum atomic E-state index is -4.52. The fraction of sp³-hybridized carbons (Fsp3) is 0.222. The number of nitrogens with zero attached hydrogens (tertiary/aromatic N) is 1. The van der Waals surface area contributed by atoms with Gasteiger partial charge in [0.1, 0.15) is 11.9 Å². The largest absolute Gasteiger partial charge is 0.442 e. The van der Waals surface area contributed by atoms with Crippen molar-refractivity contribution in [2.45, 2.75) is 12.3 Å². The van der Waals surface area contributed by atoms with E-state index in [-0.39, 0.29) is 18.8 Å². The van der Waals surface area contributed by atoms with Crippen LogP contribution in [0, 0.1) is 5.82 Å². The van der Waals surface area contributed by atoms with Crippen molar-refractivity contribution in [3.8, 4) is 0 Å². The third-order valence-corrected chi connectivity index (χ3v) is 3.95. The molecule has 2 aromatic carbocycles. The highest BCUT2D eigenvalue weighted by Crippen LogP contribution is 2.30. The number of benzene rings is 2. The maximum atomic E-state index is 13.0. The fourth-order valence-corrected chi connectivity index (χ4v) is 2.61. The Morgan fingerprint density at radius 2 is 1.89 bits per heavy atom. The number of hydrogen-bond acceptors (Lipinski definition) is 3. The van der Waals surface area contributed by atoms with Gasteiger partial charge in [-0.1, -0.05) is 6.07 Å². The van der Waals surface area contributed by atoms with Crippen LogP contribution < -0.4 is 15.5 Å². The van der Waals surface area contributed by atoms with Crippen molar-refractivity contribution >= 4 is 23.5 Å². The monoisotopic (exact) mass is 397 g/mol. The van der Waals surface area contributed by atoms with E-state index in [4.69, 9.17) is 4.74 Å². The molecular weight excluding hydrogens is 382 g/mol. The third kappa shape index (κ3) is 4.70. The van der Waals surface area contributed by atoms with E-state index >= 15 is 0 Å². The minimum absolute atomic E-state index is 0.0244. The number of carbonyl (C=O) groups excluding carboxylic acids is 2. The van der Waals surface area contributed by atoms with Crippen molar-refractivity contribution in [1.82, 2.24) is 5.32 Å². The molecule has 0 bridgehead atoms. The summed E-state index contributed by atoms with van der Waals surface area (Å²) in [5.41, 5.74) is -0.462. The summed E-state index contributed by atoms with van der Waals surface area (Å²) in [5, 5.41) is 4.73. The van der Waals surface area contributed by atoms with E-state index < -0.39 is 35.8 Å². The molecule has 0 radical (unpaired) electrons. The van der Waals surface area contributed by atoms with Gasteiger partial charge in [-0.15, -0.1) is 0 Å².